The summed E-state index contributed by atoms with van der Waals surface area (Å²) >= 11 is 0. The fourth-order valence-corrected chi connectivity index (χ4v) is 1.22. The summed E-state index contributed by atoms with van der Waals surface area (Å²) in [7, 11) is 0. The number of carbonyl (C=O) groups excluding carboxylic acids is 2. The van der Waals surface area contributed by atoms with Crippen molar-refractivity contribution in [1.29, 1.82) is 0 Å². The molecular formula is C11H20N2O3. The predicted molar refractivity (Wildman–Crippen MR) is 60.0 cm³/mol. The molecule has 5 heteroatoms. The van der Waals surface area contributed by atoms with E-state index in [2.05, 4.69) is 10.6 Å². The van der Waals surface area contributed by atoms with Crippen LogP contribution in [0.25, 0.3) is 0 Å². The lowest BCUT2D eigenvalue weighted by atomic mass is 10.3. The van der Waals surface area contributed by atoms with Crippen molar-refractivity contribution in [3.63, 3.8) is 0 Å². The van der Waals surface area contributed by atoms with Gasteiger partial charge in [-0.15, -0.1) is 0 Å². The Morgan fingerprint density at radius 3 is 2.62 bits per heavy atom. The second-order valence-electron chi connectivity index (χ2n) is 4.33. The average Bonchev–Trinajstić information content (AvgIpc) is 2.95. The fraction of sp³-hybridized carbons (Fsp3) is 0.818. The highest BCUT2D eigenvalue weighted by Gasteiger charge is 2.22. The molecule has 1 aliphatic rings. The van der Waals surface area contributed by atoms with Crippen LogP contribution in [-0.4, -0.2) is 30.7 Å². The largest absolute Gasteiger partial charge is 0.447 e. The normalized spacial score (nSPS) is 14.7. The maximum atomic E-state index is 11.3. The Balaban J connectivity index is 1.93. The second-order valence-corrected chi connectivity index (χ2v) is 4.33. The zero-order valence-electron chi connectivity index (χ0n) is 9.91. The molecule has 2 amide bonds. The average molecular weight is 228 g/mol. The summed E-state index contributed by atoms with van der Waals surface area (Å²) in [6.45, 7) is 4.06. The summed E-state index contributed by atoms with van der Waals surface area (Å²) in [5.41, 5.74) is 0. The molecule has 0 heterocycles. The van der Waals surface area contributed by atoms with Gasteiger partial charge in [0, 0.05) is 19.0 Å². The maximum absolute atomic E-state index is 11.3. The zero-order valence-corrected chi connectivity index (χ0v) is 9.91. The number of nitrogens with one attached hydrogen (secondary N) is 2. The van der Waals surface area contributed by atoms with Crippen molar-refractivity contribution in [2.75, 3.05) is 6.54 Å². The van der Waals surface area contributed by atoms with Gasteiger partial charge in [-0.3, -0.25) is 4.79 Å². The molecule has 0 radical (unpaired) electrons. The van der Waals surface area contributed by atoms with E-state index in [9.17, 15) is 9.59 Å². The van der Waals surface area contributed by atoms with Crippen LogP contribution >= 0.6 is 0 Å². The number of rotatable bonds is 6. The van der Waals surface area contributed by atoms with Crippen LogP contribution in [0.2, 0.25) is 0 Å². The molecule has 1 rings (SSSR count). The molecular weight excluding hydrogens is 208 g/mol. The lowest BCUT2D eigenvalue weighted by molar-refractivity contribution is -0.121. The number of amides is 2. The molecule has 5 nitrogen and oxygen atoms in total. The first-order valence-corrected chi connectivity index (χ1v) is 5.82. The van der Waals surface area contributed by atoms with Crippen LogP contribution in [0.3, 0.4) is 0 Å². The van der Waals surface area contributed by atoms with Gasteiger partial charge >= 0.3 is 6.09 Å². The van der Waals surface area contributed by atoms with E-state index in [0.29, 0.717) is 25.4 Å². The second kappa shape index (κ2) is 6.35. The van der Waals surface area contributed by atoms with E-state index in [1.54, 1.807) is 13.8 Å². The number of carbonyl (C=O) groups is 2. The van der Waals surface area contributed by atoms with Gasteiger partial charge in [0.2, 0.25) is 5.91 Å². The molecule has 0 unspecified atom stereocenters. The Morgan fingerprint density at radius 2 is 2.06 bits per heavy atom. The third-order valence-corrected chi connectivity index (χ3v) is 2.14. The molecule has 0 aromatic carbocycles. The van der Waals surface area contributed by atoms with Gasteiger partial charge in [-0.05, 0) is 33.1 Å². The molecule has 1 saturated carbocycles. The van der Waals surface area contributed by atoms with Gasteiger partial charge < -0.3 is 15.4 Å². The highest BCUT2D eigenvalue weighted by molar-refractivity contribution is 5.76. The van der Waals surface area contributed by atoms with Crippen LogP contribution < -0.4 is 10.6 Å². The van der Waals surface area contributed by atoms with Gasteiger partial charge in [0.1, 0.15) is 0 Å². The highest BCUT2D eigenvalue weighted by Crippen LogP contribution is 2.18. The van der Waals surface area contributed by atoms with Crippen molar-refractivity contribution in [3.05, 3.63) is 0 Å². The van der Waals surface area contributed by atoms with Crippen molar-refractivity contribution in [1.82, 2.24) is 10.6 Å². The monoisotopic (exact) mass is 228 g/mol. The first-order valence-electron chi connectivity index (χ1n) is 5.82. The van der Waals surface area contributed by atoms with Crippen LogP contribution in [0.4, 0.5) is 4.79 Å². The van der Waals surface area contributed by atoms with Crippen LogP contribution in [-0.2, 0) is 9.53 Å². The first kappa shape index (κ1) is 12.8. The maximum Gasteiger partial charge on any atom is 0.407 e. The van der Waals surface area contributed by atoms with E-state index < -0.39 is 6.09 Å². The quantitative estimate of drug-likeness (QED) is 0.671. The number of hydrogen-bond donors (Lipinski definition) is 2. The Morgan fingerprint density at radius 1 is 1.38 bits per heavy atom. The molecule has 16 heavy (non-hydrogen) atoms. The first-order chi connectivity index (χ1) is 7.58. The zero-order chi connectivity index (χ0) is 12.0. The summed E-state index contributed by atoms with van der Waals surface area (Å²) in [5, 5.41) is 5.49. The molecule has 0 bridgehead atoms. The van der Waals surface area contributed by atoms with Gasteiger partial charge in [-0.2, -0.15) is 0 Å². The Labute approximate surface area is 95.9 Å². The third kappa shape index (κ3) is 6.27. The highest BCUT2D eigenvalue weighted by atomic mass is 16.6. The van der Waals surface area contributed by atoms with Gasteiger partial charge in [-0.25, -0.2) is 4.79 Å². The Kier molecular flexibility index (Phi) is 5.08. The summed E-state index contributed by atoms with van der Waals surface area (Å²) in [6.07, 6.45) is 2.77. The summed E-state index contributed by atoms with van der Waals surface area (Å²) in [6, 6.07) is 0.409. The van der Waals surface area contributed by atoms with Crippen molar-refractivity contribution >= 4 is 12.0 Å². The molecule has 0 saturated heterocycles. The van der Waals surface area contributed by atoms with Crippen LogP contribution in [0, 0.1) is 0 Å². The lowest BCUT2D eigenvalue weighted by Crippen LogP contribution is -2.29. The molecule has 0 spiro atoms. The molecule has 0 aliphatic heterocycles. The van der Waals surface area contributed by atoms with E-state index in [0.717, 1.165) is 12.8 Å². The van der Waals surface area contributed by atoms with E-state index in [-0.39, 0.29) is 12.0 Å². The molecule has 1 aliphatic carbocycles. The molecule has 0 aromatic heterocycles. The van der Waals surface area contributed by atoms with E-state index in [4.69, 9.17) is 4.74 Å². The molecule has 92 valence electrons. The number of ether oxygens (including phenoxy) is 1. The van der Waals surface area contributed by atoms with Gasteiger partial charge in [0.15, 0.2) is 0 Å². The Bertz CT molecular complexity index is 232. The van der Waals surface area contributed by atoms with Crippen LogP contribution in [0.1, 0.15) is 39.5 Å². The van der Waals surface area contributed by atoms with Gasteiger partial charge in [0.25, 0.3) is 0 Å². The summed E-state index contributed by atoms with van der Waals surface area (Å²) in [5.74, 6) is 0.0709. The van der Waals surface area contributed by atoms with Crippen molar-refractivity contribution in [3.8, 4) is 0 Å². The lowest BCUT2D eigenvalue weighted by Gasteiger charge is -2.09. The van der Waals surface area contributed by atoms with Crippen LogP contribution in [0.15, 0.2) is 0 Å². The minimum atomic E-state index is -0.419. The predicted octanol–water partition coefficient (Wildman–Crippen LogP) is 1.18. The third-order valence-electron chi connectivity index (χ3n) is 2.14. The number of hydrogen-bond acceptors (Lipinski definition) is 3. The standard InChI is InChI=1S/C11H20N2O3/c1-8(2)16-11(15)12-7-3-4-10(14)13-9-5-6-9/h8-9H,3-7H2,1-2H3,(H,12,15)(H,13,14). The van der Waals surface area contributed by atoms with Gasteiger partial charge in [0.05, 0.1) is 6.10 Å². The Hall–Kier alpha value is -1.26. The van der Waals surface area contributed by atoms with E-state index >= 15 is 0 Å². The molecule has 0 aromatic rings. The summed E-state index contributed by atoms with van der Waals surface area (Å²) < 4.78 is 4.88. The van der Waals surface area contributed by atoms with Crippen molar-refractivity contribution in [2.45, 2.75) is 51.7 Å². The minimum absolute atomic E-state index is 0.0709. The van der Waals surface area contributed by atoms with E-state index in [1.165, 1.54) is 0 Å². The SMILES string of the molecule is CC(C)OC(=O)NCCCC(=O)NC1CC1. The van der Waals surface area contributed by atoms with Gasteiger partial charge in [-0.1, -0.05) is 0 Å². The summed E-state index contributed by atoms with van der Waals surface area (Å²) in [4.78, 5) is 22.3. The van der Waals surface area contributed by atoms with E-state index in [1.807, 2.05) is 0 Å². The van der Waals surface area contributed by atoms with Crippen molar-refractivity contribution in [2.24, 2.45) is 0 Å². The van der Waals surface area contributed by atoms with Crippen LogP contribution in [0.5, 0.6) is 0 Å². The minimum Gasteiger partial charge on any atom is -0.447 e. The smallest absolute Gasteiger partial charge is 0.407 e. The molecule has 0 atom stereocenters. The van der Waals surface area contributed by atoms with Crippen molar-refractivity contribution < 1.29 is 14.3 Å². The molecule has 2 N–H and O–H groups in total. The fourth-order valence-electron chi connectivity index (χ4n) is 1.22. The molecule has 1 fully saturated rings. The topological polar surface area (TPSA) is 67.4 Å². The number of alkyl carbamates (subject to hydrolysis) is 1.